The zero-order chi connectivity index (χ0) is 17.9. The lowest BCUT2D eigenvalue weighted by atomic mass is 10.2. The first kappa shape index (κ1) is 16.5. The van der Waals surface area contributed by atoms with Gasteiger partial charge in [-0.05, 0) is 29.7 Å². The molecule has 26 heavy (non-hydrogen) atoms. The molecule has 0 fully saturated rings. The molecular weight excluding hydrogens is 344 g/mol. The summed E-state index contributed by atoms with van der Waals surface area (Å²) in [5, 5.41) is 1.97. The maximum absolute atomic E-state index is 12.6. The molecule has 0 spiro atoms. The van der Waals surface area contributed by atoms with Gasteiger partial charge in [-0.2, -0.15) is 0 Å². The first-order valence-electron chi connectivity index (χ1n) is 8.52. The third kappa shape index (κ3) is 3.26. The van der Waals surface area contributed by atoms with E-state index in [9.17, 15) is 4.79 Å². The Labute approximate surface area is 155 Å². The minimum atomic E-state index is -0.0879. The van der Waals surface area contributed by atoms with Gasteiger partial charge >= 0.3 is 0 Å². The van der Waals surface area contributed by atoms with Gasteiger partial charge in [0.25, 0.3) is 5.56 Å². The highest BCUT2D eigenvalue weighted by Crippen LogP contribution is 2.24. The van der Waals surface area contributed by atoms with E-state index in [1.807, 2.05) is 60.0 Å². The Morgan fingerprint density at radius 3 is 2.58 bits per heavy atom. The van der Waals surface area contributed by atoms with E-state index in [2.05, 4.69) is 11.9 Å². The Morgan fingerprint density at radius 2 is 1.85 bits per heavy atom. The predicted molar refractivity (Wildman–Crippen MR) is 105 cm³/mol. The molecule has 0 N–H and O–H groups in total. The fraction of sp³-hybridized carbons (Fsp3) is 0.143. The molecule has 0 saturated carbocycles. The van der Waals surface area contributed by atoms with Gasteiger partial charge in [-0.25, -0.2) is 4.98 Å². The molecule has 2 heterocycles. The lowest BCUT2D eigenvalue weighted by Crippen LogP contribution is -2.15. The van der Waals surface area contributed by atoms with Crippen LogP contribution in [0.25, 0.3) is 16.2 Å². The van der Waals surface area contributed by atoms with E-state index in [1.165, 1.54) is 16.9 Å². The van der Waals surface area contributed by atoms with E-state index in [-0.39, 0.29) is 12.2 Å². The van der Waals surface area contributed by atoms with Gasteiger partial charge in [-0.3, -0.25) is 9.20 Å². The largest absolute Gasteiger partial charge is 0.487 e. The zero-order valence-electron chi connectivity index (χ0n) is 14.4. The first-order chi connectivity index (χ1) is 12.7. The summed E-state index contributed by atoms with van der Waals surface area (Å²) in [5.74, 6) is 0.778. The molecule has 4 aromatic rings. The lowest BCUT2D eigenvalue weighted by molar-refractivity contribution is 0.301. The normalized spacial score (nSPS) is 11.0. The number of hydrogen-bond acceptors (Lipinski definition) is 4. The molecule has 0 saturated heterocycles. The van der Waals surface area contributed by atoms with Crippen molar-refractivity contribution in [2.24, 2.45) is 0 Å². The lowest BCUT2D eigenvalue weighted by Gasteiger charge is -2.07. The van der Waals surface area contributed by atoms with Crippen LogP contribution in [-0.2, 0) is 13.0 Å². The fourth-order valence-electron chi connectivity index (χ4n) is 2.83. The monoisotopic (exact) mass is 362 g/mol. The van der Waals surface area contributed by atoms with Crippen molar-refractivity contribution >= 4 is 16.3 Å². The summed E-state index contributed by atoms with van der Waals surface area (Å²) in [6.45, 7) is 2.39. The third-order valence-electron chi connectivity index (χ3n) is 4.25. The van der Waals surface area contributed by atoms with Crippen LogP contribution in [-0.4, -0.2) is 9.38 Å². The summed E-state index contributed by atoms with van der Waals surface area (Å²) < 4.78 is 7.43. The molecule has 2 aromatic carbocycles. The third-order valence-corrected chi connectivity index (χ3v) is 5.07. The molecule has 0 aliphatic rings. The standard InChI is InChI=1S/C21H18N2O2S/c1-2-15-8-10-18(11-9-15)25-13-17-12-20(24)23-19(14-26-21(23)22-17)16-6-4-3-5-7-16/h3-12,14H,2,13H2,1H3. The minimum Gasteiger partial charge on any atom is -0.487 e. The molecule has 0 unspecified atom stereocenters. The van der Waals surface area contributed by atoms with Crippen LogP contribution in [0.3, 0.4) is 0 Å². The van der Waals surface area contributed by atoms with Crippen LogP contribution in [0.2, 0.25) is 0 Å². The Bertz CT molecular complexity index is 1080. The van der Waals surface area contributed by atoms with Crippen LogP contribution in [0.15, 0.2) is 70.8 Å². The Kier molecular flexibility index (Phi) is 4.54. The van der Waals surface area contributed by atoms with Crippen molar-refractivity contribution in [1.82, 2.24) is 9.38 Å². The molecule has 2 aromatic heterocycles. The minimum absolute atomic E-state index is 0.0879. The second kappa shape index (κ2) is 7.14. The number of nitrogens with zero attached hydrogens (tertiary/aromatic N) is 2. The zero-order valence-corrected chi connectivity index (χ0v) is 15.2. The number of fused-ring (bicyclic) bond motifs is 1. The van der Waals surface area contributed by atoms with Crippen LogP contribution in [0, 0.1) is 0 Å². The molecule has 0 atom stereocenters. The van der Waals surface area contributed by atoms with Crippen molar-refractivity contribution in [3.05, 3.63) is 87.7 Å². The average Bonchev–Trinajstić information content (AvgIpc) is 3.12. The van der Waals surface area contributed by atoms with Crippen LogP contribution in [0.4, 0.5) is 0 Å². The topological polar surface area (TPSA) is 43.6 Å². The smallest absolute Gasteiger partial charge is 0.259 e. The summed E-state index contributed by atoms with van der Waals surface area (Å²) in [4.78, 5) is 17.9. The van der Waals surface area contributed by atoms with Gasteiger partial charge in [-0.1, -0.05) is 49.4 Å². The molecule has 0 bridgehead atoms. The van der Waals surface area contributed by atoms with Crippen molar-refractivity contribution in [2.45, 2.75) is 20.0 Å². The SMILES string of the molecule is CCc1ccc(OCc2cc(=O)n3c(-c4ccccc4)csc3n2)cc1. The highest BCUT2D eigenvalue weighted by molar-refractivity contribution is 7.15. The first-order valence-corrected chi connectivity index (χ1v) is 9.40. The highest BCUT2D eigenvalue weighted by Gasteiger charge is 2.11. The van der Waals surface area contributed by atoms with Gasteiger partial charge in [0.1, 0.15) is 12.4 Å². The molecular formula is C21H18N2O2S. The predicted octanol–water partition coefficient (Wildman–Crippen LogP) is 4.56. The van der Waals surface area contributed by atoms with Crippen molar-refractivity contribution in [2.75, 3.05) is 0 Å². The molecule has 0 amide bonds. The Hall–Kier alpha value is -2.92. The second-order valence-corrected chi connectivity index (χ2v) is 6.81. The molecule has 130 valence electrons. The highest BCUT2D eigenvalue weighted by atomic mass is 32.1. The van der Waals surface area contributed by atoms with E-state index in [0.717, 1.165) is 23.4 Å². The van der Waals surface area contributed by atoms with E-state index in [0.29, 0.717) is 10.7 Å². The number of rotatable bonds is 5. The van der Waals surface area contributed by atoms with Crippen molar-refractivity contribution in [3.8, 4) is 17.0 Å². The molecule has 0 aliphatic carbocycles. The molecule has 0 aliphatic heterocycles. The molecule has 5 heteroatoms. The summed E-state index contributed by atoms with van der Waals surface area (Å²) >= 11 is 1.46. The van der Waals surface area contributed by atoms with Crippen LogP contribution >= 0.6 is 11.3 Å². The van der Waals surface area contributed by atoms with Gasteiger partial charge in [0.15, 0.2) is 4.96 Å². The number of thiazole rings is 1. The summed E-state index contributed by atoms with van der Waals surface area (Å²) in [7, 11) is 0. The number of aromatic nitrogens is 2. The van der Waals surface area contributed by atoms with Gasteiger partial charge in [-0.15, -0.1) is 11.3 Å². The second-order valence-electron chi connectivity index (χ2n) is 5.98. The van der Waals surface area contributed by atoms with Gasteiger partial charge < -0.3 is 4.74 Å². The van der Waals surface area contributed by atoms with E-state index >= 15 is 0 Å². The number of aryl methyl sites for hydroxylation is 1. The van der Waals surface area contributed by atoms with Gasteiger partial charge in [0.2, 0.25) is 0 Å². The Morgan fingerprint density at radius 1 is 1.08 bits per heavy atom. The van der Waals surface area contributed by atoms with Crippen LogP contribution in [0.1, 0.15) is 18.2 Å². The van der Waals surface area contributed by atoms with Gasteiger partial charge in [0.05, 0.1) is 11.4 Å². The number of benzene rings is 2. The number of hydrogen-bond donors (Lipinski definition) is 0. The molecule has 4 nitrogen and oxygen atoms in total. The Balaban J connectivity index is 1.60. The van der Waals surface area contributed by atoms with Crippen LogP contribution in [0.5, 0.6) is 5.75 Å². The van der Waals surface area contributed by atoms with Crippen molar-refractivity contribution in [1.29, 1.82) is 0 Å². The van der Waals surface area contributed by atoms with Crippen LogP contribution < -0.4 is 10.3 Å². The van der Waals surface area contributed by atoms with Crippen molar-refractivity contribution < 1.29 is 4.74 Å². The fourth-order valence-corrected chi connectivity index (χ4v) is 3.75. The maximum Gasteiger partial charge on any atom is 0.259 e. The average molecular weight is 362 g/mol. The van der Waals surface area contributed by atoms with Crippen molar-refractivity contribution in [3.63, 3.8) is 0 Å². The van der Waals surface area contributed by atoms with E-state index in [4.69, 9.17) is 4.74 Å². The summed E-state index contributed by atoms with van der Waals surface area (Å²) in [6, 6.07) is 19.4. The maximum atomic E-state index is 12.6. The summed E-state index contributed by atoms with van der Waals surface area (Å²) in [6.07, 6.45) is 0.997. The number of ether oxygens (including phenoxy) is 1. The van der Waals surface area contributed by atoms with E-state index in [1.54, 1.807) is 10.5 Å². The van der Waals surface area contributed by atoms with E-state index < -0.39 is 0 Å². The molecule has 0 radical (unpaired) electrons. The molecule has 4 rings (SSSR count). The summed E-state index contributed by atoms with van der Waals surface area (Å²) in [5.41, 5.74) is 3.68. The quantitative estimate of drug-likeness (QED) is 0.522. The van der Waals surface area contributed by atoms with Gasteiger partial charge in [0, 0.05) is 11.4 Å².